The standard InChI is InChI=1S/C26H42O4/c1-5-6-7-8-13-16-19-24(30-26(28)22-23(2)3)20-17-14-11-9-10-12-15-18-21-25(27)29-4/h10-14,16-17,20,23-24H,5-9,15,18-19,21-22H2,1-4H3. The first-order valence-electron chi connectivity index (χ1n) is 11.4. The van der Waals surface area contributed by atoms with E-state index in [-0.39, 0.29) is 18.0 Å². The van der Waals surface area contributed by atoms with Crippen LogP contribution < -0.4 is 0 Å². The molecule has 0 aliphatic heterocycles. The van der Waals surface area contributed by atoms with Crippen LogP contribution in [-0.2, 0) is 19.1 Å². The predicted octanol–water partition coefficient (Wildman–Crippen LogP) is 6.87. The van der Waals surface area contributed by atoms with E-state index in [2.05, 4.69) is 42.0 Å². The van der Waals surface area contributed by atoms with Crippen LogP contribution in [0, 0.1) is 5.92 Å². The summed E-state index contributed by atoms with van der Waals surface area (Å²) in [5, 5.41) is 0. The van der Waals surface area contributed by atoms with Gasteiger partial charge in [0.25, 0.3) is 0 Å². The maximum absolute atomic E-state index is 12.0. The number of carbonyl (C=O) groups excluding carboxylic acids is 2. The van der Waals surface area contributed by atoms with Crippen LogP contribution in [0.25, 0.3) is 0 Å². The van der Waals surface area contributed by atoms with E-state index in [1.807, 2.05) is 32.1 Å². The zero-order chi connectivity index (χ0) is 22.5. The molecule has 0 heterocycles. The fourth-order valence-corrected chi connectivity index (χ4v) is 2.68. The normalized spacial score (nSPS) is 13.2. The summed E-state index contributed by atoms with van der Waals surface area (Å²) < 4.78 is 10.2. The van der Waals surface area contributed by atoms with Crippen LogP contribution in [-0.4, -0.2) is 25.2 Å². The van der Waals surface area contributed by atoms with Crippen LogP contribution in [0.5, 0.6) is 0 Å². The largest absolute Gasteiger partial charge is 0.469 e. The van der Waals surface area contributed by atoms with Gasteiger partial charge in [0, 0.05) is 19.3 Å². The Bertz CT molecular complexity index is 555. The number of hydrogen-bond donors (Lipinski definition) is 0. The van der Waals surface area contributed by atoms with Crippen LogP contribution in [0.4, 0.5) is 0 Å². The number of ether oxygens (including phenoxy) is 2. The van der Waals surface area contributed by atoms with Crippen molar-refractivity contribution in [1.82, 2.24) is 0 Å². The molecule has 0 aromatic carbocycles. The lowest BCUT2D eigenvalue weighted by Crippen LogP contribution is -2.16. The molecule has 0 aliphatic rings. The van der Waals surface area contributed by atoms with Gasteiger partial charge in [-0.2, -0.15) is 0 Å². The van der Waals surface area contributed by atoms with Gasteiger partial charge in [-0.25, -0.2) is 0 Å². The molecule has 0 radical (unpaired) electrons. The molecule has 0 saturated heterocycles. The third-order valence-electron chi connectivity index (χ3n) is 4.36. The van der Waals surface area contributed by atoms with Crippen molar-refractivity contribution in [1.29, 1.82) is 0 Å². The van der Waals surface area contributed by atoms with Gasteiger partial charge in [-0.15, -0.1) is 0 Å². The van der Waals surface area contributed by atoms with Gasteiger partial charge in [-0.1, -0.05) is 76.1 Å². The summed E-state index contributed by atoms with van der Waals surface area (Å²) >= 11 is 0. The zero-order valence-corrected chi connectivity index (χ0v) is 19.5. The third kappa shape index (κ3) is 19.2. The molecule has 0 spiro atoms. The highest BCUT2D eigenvalue weighted by molar-refractivity contribution is 5.70. The van der Waals surface area contributed by atoms with Crippen molar-refractivity contribution in [3.05, 3.63) is 48.6 Å². The van der Waals surface area contributed by atoms with Gasteiger partial charge in [0.1, 0.15) is 6.10 Å². The first-order chi connectivity index (χ1) is 14.5. The summed E-state index contributed by atoms with van der Waals surface area (Å²) in [6, 6.07) is 0. The van der Waals surface area contributed by atoms with E-state index in [1.165, 1.54) is 26.4 Å². The highest BCUT2D eigenvalue weighted by atomic mass is 16.5. The number of rotatable bonds is 17. The smallest absolute Gasteiger partial charge is 0.306 e. The monoisotopic (exact) mass is 418 g/mol. The van der Waals surface area contributed by atoms with E-state index in [4.69, 9.17) is 4.74 Å². The quantitative estimate of drug-likeness (QED) is 0.112. The van der Waals surface area contributed by atoms with Crippen LogP contribution in [0.1, 0.15) is 85.0 Å². The predicted molar refractivity (Wildman–Crippen MR) is 125 cm³/mol. The fraction of sp³-hybridized carbons (Fsp3) is 0.615. The zero-order valence-electron chi connectivity index (χ0n) is 19.5. The SMILES string of the molecule is CCCCCC=CCC(C=CC=CCC=CCCCC(=O)OC)OC(=O)CC(C)C. The van der Waals surface area contributed by atoms with E-state index >= 15 is 0 Å². The average molecular weight is 419 g/mol. The van der Waals surface area contributed by atoms with Gasteiger partial charge in [0.05, 0.1) is 7.11 Å². The topological polar surface area (TPSA) is 52.6 Å². The van der Waals surface area contributed by atoms with Crippen molar-refractivity contribution in [3.8, 4) is 0 Å². The number of unbranched alkanes of at least 4 members (excludes halogenated alkanes) is 4. The molecule has 4 nitrogen and oxygen atoms in total. The summed E-state index contributed by atoms with van der Waals surface area (Å²) in [5.41, 5.74) is 0. The second-order valence-electron chi connectivity index (χ2n) is 7.82. The molecule has 1 unspecified atom stereocenters. The van der Waals surface area contributed by atoms with E-state index in [0.29, 0.717) is 25.2 Å². The number of esters is 2. The first-order valence-corrected chi connectivity index (χ1v) is 11.4. The minimum absolute atomic E-state index is 0.141. The second-order valence-corrected chi connectivity index (χ2v) is 7.82. The Balaban J connectivity index is 4.36. The van der Waals surface area contributed by atoms with E-state index < -0.39 is 0 Å². The maximum Gasteiger partial charge on any atom is 0.306 e. The molecule has 170 valence electrons. The molecular formula is C26H42O4. The second kappa shape index (κ2) is 20.2. The Kier molecular flexibility index (Phi) is 18.8. The molecule has 0 aromatic heterocycles. The molecule has 1 atom stereocenters. The van der Waals surface area contributed by atoms with Crippen molar-refractivity contribution < 1.29 is 19.1 Å². The fourth-order valence-electron chi connectivity index (χ4n) is 2.68. The molecule has 0 saturated carbocycles. The van der Waals surface area contributed by atoms with Crippen LogP contribution in [0.15, 0.2) is 48.6 Å². The molecule has 0 rings (SSSR count). The Morgan fingerprint density at radius 1 is 0.867 bits per heavy atom. The Hall–Kier alpha value is -2.10. The summed E-state index contributed by atoms with van der Waals surface area (Å²) in [6.07, 6.45) is 25.1. The molecule has 0 aromatic rings. The number of allylic oxidation sites excluding steroid dienone is 6. The van der Waals surface area contributed by atoms with Crippen molar-refractivity contribution in [2.24, 2.45) is 5.92 Å². The van der Waals surface area contributed by atoms with Gasteiger partial charge >= 0.3 is 11.9 Å². The minimum atomic E-state index is -0.225. The highest BCUT2D eigenvalue weighted by Crippen LogP contribution is 2.09. The molecule has 0 N–H and O–H groups in total. The van der Waals surface area contributed by atoms with Crippen molar-refractivity contribution in [2.45, 2.75) is 91.1 Å². The van der Waals surface area contributed by atoms with Gasteiger partial charge in [-0.3, -0.25) is 9.59 Å². The van der Waals surface area contributed by atoms with E-state index in [1.54, 1.807) is 0 Å². The lowest BCUT2D eigenvalue weighted by molar-refractivity contribution is -0.147. The lowest BCUT2D eigenvalue weighted by Gasteiger charge is -2.13. The molecule has 4 heteroatoms. The van der Waals surface area contributed by atoms with Gasteiger partial charge in [0.15, 0.2) is 0 Å². The van der Waals surface area contributed by atoms with Crippen LogP contribution in [0.2, 0.25) is 0 Å². The van der Waals surface area contributed by atoms with Gasteiger partial charge in [0.2, 0.25) is 0 Å². The van der Waals surface area contributed by atoms with Crippen LogP contribution >= 0.6 is 0 Å². The van der Waals surface area contributed by atoms with E-state index in [9.17, 15) is 9.59 Å². The summed E-state index contributed by atoms with van der Waals surface area (Å²) in [6.45, 7) is 6.24. The Labute approximate surface area is 184 Å². The Morgan fingerprint density at radius 3 is 2.30 bits per heavy atom. The van der Waals surface area contributed by atoms with Gasteiger partial charge in [-0.05, 0) is 44.1 Å². The molecule has 30 heavy (non-hydrogen) atoms. The van der Waals surface area contributed by atoms with Crippen molar-refractivity contribution in [2.75, 3.05) is 7.11 Å². The molecular weight excluding hydrogens is 376 g/mol. The summed E-state index contributed by atoms with van der Waals surface area (Å²) in [5.74, 6) is -0.00296. The van der Waals surface area contributed by atoms with Crippen LogP contribution in [0.3, 0.4) is 0 Å². The first kappa shape index (κ1) is 27.9. The minimum Gasteiger partial charge on any atom is -0.469 e. The molecule has 0 bridgehead atoms. The third-order valence-corrected chi connectivity index (χ3v) is 4.36. The van der Waals surface area contributed by atoms with E-state index in [0.717, 1.165) is 25.7 Å². The Morgan fingerprint density at radius 2 is 1.60 bits per heavy atom. The number of hydrogen-bond acceptors (Lipinski definition) is 4. The lowest BCUT2D eigenvalue weighted by atomic mass is 10.1. The van der Waals surface area contributed by atoms with Gasteiger partial charge < -0.3 is 9.47 Å². The highest BCUT2D eigenvalue weighted by Gasteiger charge is 2.11. The summed E-state index contributed by atoms with van der Waals surface area (Å²) in [4.78, 5) is 23.0. The molecule has 0 amide bonds. The average Bonchev–Trinajstić information content (AvgIpc) is 2.70. The summed E-state index contributed by atoms with van der Waals surface area (Å²) in [7, 11) is 1.41. The number of methoxy groups -OCH3 is 1. The maximum atomic E-state index is 12.0. The molecule has 0 aliphatic carbocycles. The number of carbonyl (C=O) groups is 2. The van der Waals surface area contributed by atoms with Crippen molar-refractivity contribution >= 4 is 11.9 Å². The molecule has 0 fully saturated rings. The van der Waals surface area contributed by atoms with Crippen molar-refractivity contribution in [3.63, 3.8) is 0 Å².